The van der Waals surface area contributed by atoms with E-state index in [1.807, 2.05) is 13.8 Å². The number of nitrogens with one attached hydrogen (secondary N) is 1. The van der Waals surface area contributed by atoms with Crippen molar-refractivity contribution in [3.05, 3.63) is 30.1 Å². The van der Waals surface area contributed by atoms with Crippen LogP contribution in [0.5, 0.6) is 0 Å². The molecule has 6 nitrogen and oxygen atoms in total. The molecule has 1 rings (SSSR count). The van der Waals surface area contributed by atoms with Crippen molar-refractivity contribution in [3.8, 4) is 0 Å². The Balaban J connectivity index is 2.40. The summed E-state index contributed by atoms with van der Waals surface area (Å²) in [4.78, 5) is 3.89. The van der Waals surface area contributed by atoms with Crippen LogP contribution in [-0.2, 0) is 25.9 Å². The van der Waals surface area contributed by atoms with E-state index in [9.17, 15) is 8.42 Å². The lowest BCUT2D eigenvalue weighted by atomic mass is 10.2. The fraction of sp³-hybridized carbons (Fsp3) is 0.615. The van der Waals surface area contributed by atoms with Gasteiger partial charge >= 0.3 is 0 Å². The van der Waals surface area contributed by atoms with Crippen molar-refractivity contribution in [2.45, 2.75) is 26.6 Å². The third kappa shape index (κ3) is 6.95. The van der Waals surface area contributed by atoms with Gasteiger partial charge in [0.25, 0.3) is 0 Å². The summed E-state index contributed by atoms with van der Waals surface area (Å²) >= 11 is 0. The molecule has 114 valence electrons. The van der Waals surface area contributed by atoms with Crippen LogP contribution in [-0.4, -0.2) is 45.2 Å². The quantitative estimate of drug-likeness (QED) is 0.651. The number of aromatic nitrogens is 1. The lowest BCUT2D eigenvalue weighted by molar-refractivity contribution is -0.130. The molecule has 0 fully saturated rings. The first kappa shape index (κ1) is 17.0. The standard InChI is InChI=1S/C13H22N2O4S/c1-3-18-13(19-4-2)11-15-20(16,17)10-7-12-5-8-14-9-6-12/h5-6,8-9,13,15H,3-4,7,10-11H2,1-2H3. The molecule has 0 aromatic carbocycles. The second kappa shape index (κ2) is 9.02. The van der Waals surface area contributed by atoms with Gasteiger partial charge in [-0.15, -0.1) is 0 Å². The van der Waals surface area contributed by atoms with E-state index in [0.717, 1.165) is 5.56 Å². The zero-order chi connectivity index (χ0) is 14.8. The van der Waals surface area contributed by atoms with Crippen molar-refractivity contribution >= 4 is 10.0 Å². The number of hydrogen-bond acceptors (Lipinski definition) is 5. The summed E-state index contributed by atoms with van der Waals surface area (Å²) in [6, 6.07) is 3.61. The minimum atomic E-state index is -3.34. The number of ether oxygens (including phenoxy) is 2. The molecule has 1 aromatic heterocycles. The van der Waals surface area contributed by atoms with Crippen molar-refractivity contribution < 1.29 is 17.9 Å². The number of nitrogens with zero attached hydrogens (tertiary/aromatic N) is 1. The molecule has 0 saturated carbocycles. The minimum absolute atomic E-state index is 0.0297. The molecule has 0 spiro atoms. The van der Waals surface area contributed by atoms with Gasteiger partial charge in [0.2, 0.25) is 10.0 Å². The van der Waals surface area contributed by atoms with Gasteiger partial charge in [0.15, 0.2) is 6.29 Å². The minimum Gasteiger partial charge on any atom is -0.352 e. The molecular formula is C13H22N2O4S. The highest BCUT2D eigenvalue weighted by atomic mass is 32.2. The molecule has 0 saturated heterocycles. The summed E-state index contributed by atoms with van der Waals surface area (Å²) in [6.07, 6.45) is 3.21. The van der Waals surface area contributed by atoms with Crippen LogP contribution < -0.4 is 4.72 Å². The van der Waals surface area contributed by atoms with E-state index in [1.54, 1.807) is 24.5 Å². The summed E-state index contributed by atoms with van der Waals surface area (Å²) in [5.74, 6) is 0.0297. The third-order valence-electron chi connectivity index (χ3n) is 2.58. The Hall–Kier alpha value is -1.02. The van der Waals surface area contributed by atoms with Crippen molar-refractivity contribution in [1.29, 1.82) is 0 Å². The number of rotatable bonds is 10. The number of pyridine rings is 1. The lowest BCUT2D eigenvalue weighted by Crippen LogP contribution is -2.37. The molecular weight excluding hydrogens is 280 g/mol. The van der Waals surface area contributed by atoms with Gasteiger partial charge in [-0.2, -0.15) is 0 Å². The van der Waals surface area contributed by atoms with Gasteiger partial charge in [0.1, 0.15) is 0 Å². The Bertz CT molecular complexity index is 459. The largest absolute Gasteiger partial charge is 0.352 e. The fourth-order valence-corrected chi connectivity index (χ4v) is 2.65. The second-order valence-electron chi connectivity index (χ2n) is 4.11. The predicted octanol–water partition coefficient (Wildman–Crippen LogP) is 0.943. The van der Waals surface area contributed by atoms with E-state index in [-0.39, 0.29) is 12.3 Å². The number of sulfonamides is 1. The van der Waals surface area contributed by atoms with Crippen molar-refractivity contribution in [1.82, 2.24) is 9.71 Å². The van der Waals surface area contributed by atoms with E-state index in [4.69, 9.17) is 9.47 Å². The van der Waals surface area contributed by atoms with E-state index >= 15 is 0 Å². The van der Waals surface area contributed by atoms with Gasteiger partial charge < -0.3 is 9.47 Å². The molecule has 0 aliphatic rings. The molecule has 7 heteroatoms. The first-order valence-corrected chi connectivity index (χ1v) is 8.32. The molecule has 0 unspecified atom stereocenters. The average molecular weight is 302 g/mol. The Kier molecular flexibility index (Phi) is 7.68. The molecule has 0 aliphatic heterocycles. The summed E-state index contributed by atoms with van der Waals surface area (Å²) in [7, 11) is -3.34. The maximum absolute atomic E-state index is 11.9. The predicted molar refractivity (Wildman–Crippen MR) is 76.8 cm³/mol. The molecule has 0 radical (unpaired) electrons. The molecule has 0 bridgehead atoms. The van der Waals surface area contributed by atoms with Crippen LogP contribution in [0, 0.1) is 0 Å². The second-order valence-corrected chi connectivity index (χ2v) is 6.04. The van der Waals surface area contributed by atoms with Crippen LogP contribution >= 0.6 is 0 Å². The highest BCUT2D eigenvalue weighted by molar-refractivity contribution is 7.89. The van der Waals surface area contributed by atoms with Crippen molar-refractivity contribution in [2.75, 3.05) is 25.5 Å². The molecule has 1 aromatic rings. The normalized spacial score (nSPS) is 11.9. The van der Waals surface area contributed by atoms with E-state index in [1.165, 1.54) is 0 Å². The van der Waals surface area contributed by atoms with Crippen LogP contribution in [0.2, 0.25) is 0 Å². The van der Waals surface area contributed by atoms with E-state index in [2.05, 4.69) is 9.71 Å². The van der Waals surface area contributed by atoms with Crippen molar-refractivity contribution in [2.24, 2.45) is 0 Å². The maximum atomic E-state index is 11.9. The molecule has 1 N–H and O–H groups in total. The van der Waals surface area contributed by atoms with Crippen LogP contribution in [0.3, 0.4) is 0 Å². The van der Waals surface area contributed by atoms with Gasteiger partial charge in [-0.3, -0.25) is 4.98 Å². The molecule has 20 heavy (non-hydrogen) atoms. The van der Waals surface area contributed by atoms with E-state index < -0.39 is 16.3 Å². The Morgan fingerprint density at radius 1 is 1.20 bits per heavy atom. The lowest BCUT2D eigenvalue weighted by Gasteiger charge is -2.17. The number of aryl methyl sites for hydroxylation is 1. The zero-order valence-electron chi connectivity index (χ0n) is 11.9. The zero-order valence-corrected chi connectivity index (χ0v) is 12.7. The maximum Gasteiger partial charge on any atom is 0.212 e. The SMILES string of the molecule is CCOC(CNS(=O)(=O)CCc1ccncc1)OCC. The number of hydrogen-bond donors (Lipinski definition) is 1. The Morgan fingerprint density at radius 2 is 1.80 bits per heavy atom. The first-order valence-electron chi connectivity index (χ1n) is 6.66. The highest BCUT2D eigenvalue weighted by Gasteiger charge is 2.15. The van der Waals surface area contributed by atoms with Gasteiger partial charge in [0.05, 0.1) is 12.3 Å². The van der Waals surface area contributed by atoms with Crippen LogP contribution in [0.1, 0.15) is 19.4 Å². The third-order valence-corrected chi connectivity index (χ3v) is 3.93. The monoisotopic (exact) mass is 302 g/mol. The summed E-state index contributed by atoms with van der Waals surface area (Å²) in [5, 5.41) is 0. The first-order chi connectivity index (χ1) is 9.57. The topological polar surface area (TPSA) is 77.5 Å². The summed E-state index contributed by atoms with van der Waals surface area (Å²) < 4.78 is 36.8. The Morgan fingerprint density at radius 3 is 2.35 bits per heavy atom. The van der Waals surface area contributed by atoms with Crippen LogP contribution in [0.4, 0.5) is 0 Å². The molecule has 1 heterocycles. The van der Waals surface area contributed by atoms with Crippen molar-refractivity contribution in [3.63, 3.8) is 0 Å². The Labute approximate surface area is 120 Å². The molecule has 0 atom stereocenters. The highest BCUT2D eigenvalue weighted by Crippen LogP contribution is 2.01. The van der Waals surface area contributed by atoms with Gasteiger partial charge in [0, 0.05) is 25.6 Å². The van der Waals surface area contributed by atoms with Crippen LogP contribution in [0.25, 0.3) is 0 Å². The summed E-state index contributed by atoms with van der Waals surface area (Å²) in [5.41, 5.74) is 0.941. The van der Waals surface area contributed by atoms with Gasteiger partial charge in [-0.25, -0.2) is 13.1 Å². The molecule has 0 aliphatic carbocycles. The van der Waals surface area contributed by atoms with Gasteiger partial charge in [-0.05, 0) is 38.0 Å². The van der Waals surface area contributed by atoms with Crippen LogP contribution in [0.15, 0.2) is 24.5 Å². The average Bonchev–Trinajstić information content (AvgIpc) is 2.45. The summed E-state index contributed by atoms with van der Waals surface area (Å²) in [6.45, 7) is 4.75. The smallest absolute Gasteiger partial charge is 0.212 e. The van der Waals surface area contributed by atoms with Gasteiger partial charge in [-0.1, -0.05) is 0 Å². The molecule has 0 amide bonds. The fourth-order valence-electron chi connectivity index (χ4n) is 1.61. The van der Waals surface area contributed by atoms with E-state index in [0.29, 0.717) is 19.6 Å².